The molecular weight excluding hydrogens is 470 g/mol. The zero-order chi connectivity index (χ0) is 25.8. The van der Waals surface area contributed by atoms with Crippen molar-refractivity contribution in [3.8, 4) is 0 Å². The van der Waals surface area contributed by atoms with Crippen LogP contribution in [0.3, 0.4) is 0 Å². The summed E-state index contributed by atoms with van der Waals surface area (Å²) in [6.45, 7) is 0.270. The Morgan fingerprint density at radius 3 is 2.46 bits per heavy atom. The zero-order valence-corrected chi connectivity index (χ0v) is 20.1. The Morgan fingerprint density at radius 2 is 1.68 bits per heavy atom. The molecule has 5 rings (SSSR count). The predicted molar refractivity (Wildman–Crippen MR) is 138 cm³/mol. The van der Waals surface area contributed by atoms with Gasteiger partial charge in [-0.15, -0.1) is 0 Å². The molecule has 0 saturated carbocycles. The molecule has 8 heteroatoms. The molecule has 4 aromatic rings. The highest BCUT2D eigenvalue weighted by Gasteiger charge is 2.37. The number of hydrogen-bond donors (Lipinski definition) is 3. The molecule has 0 unspecified atom stereocenters. The summed E-state index contributed by atoms with van der Waals surface area (Å²) in [4.78, 5) is 43.2. The third kappa shape index (κ3) is 5.33. The van der Waals surface area contributed by atoms with Crippen LogP contribution >= 0.6 is 0 Å². The van der Waals surface area contributed by atoms with Crippen molar-refractivity contribution in [2.75, 3.05) is 0 Å². The highest BCUT2D eigenvalue weighted by atomic mass is 16.6. The normalized spacial score (nSPS) is 15.6. The van der Waals surface area contributed by atoms with Gasteiger partial charge in [-0.3, -0.25) is 9.69 Å². The van der Waals surface area contributed by atoms with E-state index >= 15 is 0 Å². The quantitative estimate of drug-likeness (QED) is 0.357. The Morgan fingerprint density at radius 1 is 0.973 bits per heavy atom. The first-order valence-electron chi connectivity index (χ1n) is 12.1. The number of carbonyl (C=O) groups is 3. The molecule has 188 valence electrons. The second-order valence-corrected chi connectivity index (χ2v) is 9.12. The lowest BCUT2D eigenvalue weighted by molar-refractivity contribution is -0.142. The molecule has 3 aromatic carbocycles. The van der Waals surface area contributed by atoms with Crippen molar-refractivity contribution in [2.45, 2.75) is 38.1 Å². The Kier molecular flexibility index (Phi) is 6.89. The Balaban J connectivity index is 1.35. The number of benzene rings is 3. The van der Waals surface area contributed by atoms with Crippen molar-refractivity contribution in [1.29, 1.82) is 0 Å². The van der Waals surface area contributed by atoms with E-state index in [0.29, 0.717) is 0 Å². The van der Waals surface area contributed by atoms with Gasteiger partial charge in [-0.05, 0) is 28.3 Å². The highest BCUT2D eigenvalue weighted by molar-refractivity contribution is 5.91. The molecule has 1 aliphatic heterocycles. The van der Waals surface area contributed by atoms with Crippen LogP contribution in [0.25, 0.3) is 10.9 Å². The Hall–Kier alpha value is -4.59. The van der Waals surface area contributed by atoms with Crippen LogP contribution in [0.2, 0.25) is 0 Å². The average molecular weight is 498 g/mol. The number of H-pyrrole nitrogens is 1. The number of aromatic nitrogens is 1. The smallest absolute Gasteiger partial charge is 0.411 e. The minimum atomic E-state index is -1.16. The molecule has 2 amide bonds. The van der Waals surface area contributed by atoms with Gasteiger partial charge in [0.05, 0.1) is 6.54 Å². The Labute approximate surface area is 213 Å². The summed E-state index contributed by atoms with van der Waals surface area (Å²) in [5.74, 6) is -1.67. The summed E-state index contributed by atoms with van der Waals surface area (Å²) in [6, 6.07) is 22.4. The van der Waals surface area contributed by atoms with Crippen molar-refractivity contribution in [3.05, 3.63) is 107 Å². The second kappa shape index (κ2) is 10.6. The number of hydrogen-bond acceptors (Lipinski definition) is 4. The first-order chi connectivity index (χ1) is 18.0. The van der Waals surface area contributed by atoms with Crippen molar-refractivity contribution >= 4 is 28.9 Å². The van der Waals surface area contributed by atoms with Gasteiger partial charge in [0.2, 0.25) is 5.91 Å². The zero-order valence-electron chi connectivity index (χ0n) is 20.1. The van der Waals surface area contributed by atoms with Crippen LogP contribution in [0.5, 0.6) is 0 Å². The minimum absolute atomic E-state index is 0.0739. The second-order valence-electron chi connectivity index (χ2n) is 9.12. The van der Waals surface area contributed by atoms with E-state index in [1.807, 2.05) is 78.9 Å². The molecule has 0 radical (unpaired) electrons. The van der Waals surface area contributed by atoms with Crippen LogP contribution < -0.4 is 5.32 Å². The number of rotatable bonds is 7. The molecular formula is C29H27N3O5. The lowest BCUT2D eigenvalue weighted by atomic mass is 9.93. The van der Waals surface area contributed by atoms with Crippen LogP contribution in [0.4, 0.5) is 4.79 Å². The van der Waals surface area contributed by atoms with Crippen LogP contribution in [0.1, 0.15) is 22.3 Å². The minimum Gasteiger partial charge on any atom is -0.480 e. The van der Waals surface area contributed by atoms with Gasteiger partial charge in [-0.2, -0.15) is 0 Å². The van der Waals surface area contributed by atoms with Gasteiger partial charge in [0.15, 0.2) is 0 Å². The number of carboxylic acid groups (broad SMARTS) is 1. The number of carbonyl (C=O) groups excluding carboxylic acids is 2. The molecule has 1 aliphatic rings. The van der Waals surface area contributed by atoms with Gasteiger partial charge in [0.1, 0.15) is 18.7 Å². The first-order valence-corrected chi connectivity index (χ1v) is 12.1. The van der Waals surface area contributed by atoms with Crippen LogP contribution in [0.15, 0.2) is 85.1 Å². The third-order valence-corrected chi connectivity index (χ3v) is 6.70. The van der Waals surface area contributed by atoms with E-state index in [2.05, 4.69) is 10.3 Å². The van der Waals surface area contributed by atoms with E-state index in [1.54, 1.807) is 6.20 Å². The highest BCUT2D eigenvalue weighted by Crippen LogP contribution is 2.25. The van der Waals surface area contributed by atoms with E-state index in [-0.39, 0.29) is 26.0 Å². The van der Waals surface area contributed by atoms with Gasteiger partial charge in [-0.1, -0.05) is 72.8 Å². The number of ether oxygens (including phenoxy) is 1. The summed E-state index contributed by atoms with van der Waals surface area (Å²) in [5, 5.41) is 13.5. The largest absolute Gasteiger partial charge is 0.480 e. The van der Waals surface area contributed by atoms with Gasteiger partial charge in [0, 0.05) is 29.9 Å². The summed E-state index contributed by atoms with van der Waals surface area (Å²) in [7, 11) is 0. The summed E-state index contributed by atoms with van der Waals surface area (Å²) >= 11 is 0. The number of aromatic amines is 1. The van der Waals surface area contributed by atoms with E-state index in [0.717, 1.165) is 33.2 Å². The van der Waals surface area contributed by atoms with Crippen LogP contribution in [-0.2, 0) is 40.3 Å². The third-order valence-electron chi connectivity index (χ3n) is 6.70. The molecule has 37 heavy (non-hydrogen) atoms. The monoisotopic (exact) mass is 497 g/mol. The number of nitrogens with zero attached hydrogens (tertiary/aromatic N) is 1. The number of nitrogens with one attached hydrogen (secondary N) is 2. The summed E-state index contributed by atoms with van der Waals surface area (Å²) in [6.07, 6.45) is 1.51. The first kappa shape index (κ1) is 24.1. The van der Waals surface area contributed by atoms with E-state index in [9.17, 15) is 19.5 Å². The van der Waals surface area contributed by atoms with E-state index in [1.165, 1.54) is 4.90 Å². The van der Waals surface area contributed by atoms with Crippen molar-refractivity contribution in [1.82, 2.24) is 15.2 Å². The lowest BCUT2D eigenvalue weighted by Gasteiger charge is -2.35. The summed E-state index contributed by atoms with van der Waals surface area (Å²) in [5.41, 5.74) is 4.38. The van der Waals surface area contributed by atoms with E-state index < -0.39 is 30.1 Å². The standard InChI is InChI=1S/C29H27N3O5/c33-27(31-25(28(34)35)14-22-16-30-24-13-7-6-12-23(22)24)26-15-20-10-4-5-11-21(20)17-32(26)29(36)37-18-19-8-2-1-3-9-19/h1-13,16,25-26,30H,14-15,17-18H2,(H,31,33)(H,34,35)/t25-,26+/m1/s1. The van der Waals surface area contributed by atoms with Gasteiger partial charge >= 0.3 is 12.1 Å². The van der Waals surface area contributed by atoms with Gasteiger partial charge in [0.25, 0.3) is 0 Å². The number of amides is 2. The van der Waals surface area contributed by atoms with Crippen LogP contribution in [-0.4, -0.2) is 45.0 Å². The maximum absolute atomic E-state index is 13.5. The maximum Gasteiger partial charge on any atom is 0.411 e. The fourth-order valence-electron chi connectivity index (χ4n) is 4.74. The molecule has 8 nitrogen and oxygen atoms in total. The molecule has 0 spiro atoms. The molecule has 2 atom stereocenters. The summed E-state index contributed by atoms with van der Waals surface area (Å²) < 4.78 is 5.54. The Bertz CT molecular complexity index is 1430. The van der Waals surface area contributed by atoms with Crippen LogP contribution in [0, 0.1) is 0 Å². The fourth-order valence-corrected chi connectivity index (χ4v) is 4.74. The predicted octanol–water partition coefficient (Wildman–Crippen LogP) is 4.04. The molecule has 2 heterocycles. The number of fused-ring (bicyclic) bond motifs is 2. The lowest BCUT2D eigenvalue weighted by Crippen LogP contribution is -2.56. The molecule has 3 N–H and O–H groups in total. The number of para-hydroxylation sites is 1. The topological polar surface area (TPSA) is 112 Å². The van der Waals surface area contributed by atoms with Gasteiger partial charge < -0.3 is 20.1 Å². The molecule has 0 fully saturated rings. The fraction of sp³-hybridized carbons (Fsp3) is 0.207. The van der Waals surface area contributed by atoms with Gasteiger partial charge in [-0.25, -0.2) is 9.59 Å². The maximum atomic E-state index is 13.5. The van der Waals surface area contributed by atoms with Crippen molar-refractivity contribution in [2.24, 2.45) is 0 Å². The SMILES string of the molecule is O=C(O)[C@@H](Cc1c[nH]c2ccccc12)NC(=O)[C@@H]1Cc2ccccc2CN1C(=O)OCc1ccccc1. The van der Waals surface area contributed by atoms with Crippen molar-refractivity contribution < 1.29 is 24.2 Å². The molecule has 1 aromatic heterocycles. The molecule has 0 bridgehead atoms. The molecule has 0 aliphatic carbocycles. The van der Waals surface area contributed by atoms with E-state index in [4.69, 9.17) is 4.74 Å². The average Bonchev–Trinajstić information content (AvgIpc) is 3.33. The van der Waals surface area contributed by atoms with Crippen molar-refractivity contribution in [3.63, 3.8) is 0 Å². The number of aliphatic carboxylic acids is 1. The number of carboxylic acids is 1. The molecule has 0 saturated heterocycles.